The van der Waals surface area contributed by atoms with Crippen molar-refractivity contribution in [3.8, 4) is 12.3 Å². The smallest absolute Gasteiger partial charge is 0.411 e. The standard InChI is InChI=1S/C33H39N3O4S.ClH/c1-3-22-36(33(37)40-27-28-13-7-4-8-14-28)31-20-24-35(25-21-31)23-19-30(29-15-9-5-10-16-29)26-34(2)41(38,39)32-17-11-6-12-18-32;/h1,4-18,30-31H,19-27H2,2H3;1H. The first kappa shape index (κ1) is 33.2. The monoisotopic (exact) mass is 609 g/mol. The molecular formula is C33H40ClN3O4S. The first-order valence-electron chi connectivity index (χ1n) is 14.1. The lowest BCUT2D eigenvalue weighted by atomic mass is 9.94. The summed E-state index contributed by atoms with van der Waals surface area (Å²) < 4.78 is 33.4. The van der Waals surface area contributed by atoms with Crippen LogP contribution in [0, 0.1) is 12.3 Å². The van der Waals surface area contributed by atoms with E-state index in [2.05, 4.69) is 23.0 Å². The molecule has 3 aromatic rings. The Morgan fingerprint density at radius 2 is 1.55 bits per heavy atom. The number of piperidine rings is 1. The SMILES string of the molecule is C#CCN(C(=O)OCc1ccccc1)C1CCN(CCC(CN(C)S(=O)(=O)c2ccccc2)c2ccccc2)CC1.Cl. The predicted octanol–water partition coefficient (Wildman–Crippen LogP) is 5.64. The van der Waals surface area contributed by atoms with Crippen LogP contribution >= 0.6 is 12.4 Å². The van der Waals surface area contributed by atoms with Gasteiger partial charge in [0.05, 0.1) is 11.4 Å². The Morgan fingerprint density at radius 3 is 2.14 bits per heavy atom. The van der Waals surface area contributed by atoms with Gasteiger partial charge in [-0.25, -0.2) is 17.5 Å². The fourth-order valence-electron chi connectivity index (χ4n) is 5.31. The first-order chi connectivity index (χ1) is 19.9. The molecule has 0 radical (unpaired) electrons. The zero-order valence-electron chi connectivity index (χ0n) is 24.0. The number of amides is 1. The van der Waals surface area contributed by atoms with Gasteiger partial charge in [-0.3, -0.25) is 4.90 Å². The van der Waals surface area contributed by atoms with Crippen molar-refractivity contribution in [2.24, 2.45) is 0 Å². The van der Waals surface area contributed by atoms with Crippen molar-refractivity contribution in [2.45, 2.75) is 42.7 Å². The predicted molar refractivity (Wildman–Crippen MR) is 169 cm³/mol. The summed E-state index contributed by atoms with van der Waals surface area (Å²) >= 11 is 0. The van der Waals surface area contributed by atoms with Crippen molar-refractivity contribution < 1.29 is 17.9 Å². The summed E-state index contributed by atoms with van der Waals surface area (Å²) in [6.07, 6.45) is 7.65. The number of halogens is 1. The molecule has 0 saturated carbocycles. The highest BCUT2D eigenvalue weighted by molar-refractivity contribution is 7.89. The highest BCUT2D eigenvalue weighted by atomic mass is 35.5. The third kappa shape index (κ3) is 9.07. The van der Waals surface area contributed by atoms with Crippen molar-refractivity contribution in [3.63, 3.8) is 0 Å². The van der Waals surface area contributed by atoms with Gasteiger partial charge in [-0.1, -0.05) is 84.8 Å². The van der Waals surface area contributed by atoms with Gasteiger partial charge in [-0.2, -0.15) is 0 Å². The third-order valence-corrected chi connectivity index (χ3v) is 9.53. The van der Waals surface area contributed by atoms with E-state index in [9.17, 15) is 13.2 Å². The zero-order valence-corrected chi connectivity index (χ0v) is 25.7. The molecule has 1 fully saturated rings. The fraction of sp³-hybridized carbons (Fsp3) is 0.364. The quantitative estimate of drug-likeness (QED) is 0.249. The molecule has 1 saturated heterocycles. The van der Waals surface area contributed by atoms with Crippen LogP contribution in [0.2, 0.25) is 0 Å². The van der Waals surface area contributed by atoms with Gasteiger partial charge in [-0.15, -0.1) is 18.8 Å². The van der Waals surface area contributed by atoms with Crippen molar-refractivity contribution >= 4 is 28.5 Å². The van der Waals surface area contributed by atoms with E-state index in [1.807, 2.05) is 54.6 Å². The van der Waals surface area contributed by atoms with Crippen LogP contribution in [-0.2, 0) is 21.4 Å². The van der Waals surface area contributed by atoms with Crippen LogP contribution in [0.15, 0.2) is 95.9 Å². The van der Waals surface area contributed by atoms with Gasteiger partial charge < -0.3 is 9.64 Å². The molecule has 1 atom stereocenters. The Bertz CT molecular complexity index is 1380. The van der Waals surface area contributed by atoms with Crippen LogP contribution in [-0.4, -0.2) is 74.4 Å². The van der Waals surface area contributed by atoms with Gasteiger partial charge >= 0.3 is 6.09 Å². The zero-order chi connectivity index (χ0) is 29.1. The average Bonchev–Trinajstić information content (AvgIpc) is 3.02. The van der Waals surface area contributed by atoms with Crippen LogP contribution < -0.4 is 0 Å². The molecule has 224 valence electrons. The number of hydrogen-bond donors (Lipinski definition) is 0. The number of sulfonamides is 1. The first-order valence-corrected chi connectivity index (χ1v) is 15.5. The van der Waals surface area contributed by atoms with E-state index >= 15 is 0 Å². The molecule has 1 unspecified atom stereocenters. The van der Waals surface area contributed by atoms with Crippen LogP contribution in [0.1, 0.15) is 36.3 Å². The molecule has 9 heteroatoms. The molecule has 0 bridgehead atoms. The fourth-order valence-corrected chi connectivity index (χ4v) is 6.54. The molecule has 1 amide bonds. The molecule has 1 aliphatic rings. The van der Waals surface area contributed by atoms with E-state index < -0.39 is 10.0 Å². The lowest BCUT2D eigenvalue weighted by Crippen LogP contribution is -2.48. The minimum absolute atomic E-state index is 0. The second-order valence-corrected chi connectivity index (χ2v) is 12.5. The van der Waals surface area contributed by atoms with Gasteiger partial charge in [0.15, 0.2) is 0 Å². The Labute approximate surface area is 256 Å². The number of rotatable bonds is 12. The summed E-state index contributed by atoms with van der Waals surface area (Å²) in [6, 6.07) is 28.3. The third-order valence-electron chi connectivity index (χ3n) is 7.69. The number of likely N-dealkylation sites (tertiary alicyclic amines) is 1. The molecule has 0 aliphatic carbocycles. The Balaban J connectivity index is 0.00000484. The number of benzene rings is 3. The summed E-state index contributed by atoms with van der Waals surface area (Å²) in [6.45, 7) is 3.32. The second-order valence-electron chi connectivity index (χ2n) is 10.4. The number of likely N-dealkylation sites (N-methyl/N-ethyl adjacent to an activating group) is 1. The molecule has 0 N–H and O–H groups in total. The maximum absolute atomic E-state index is 13.2. The molecule has 7 nitrogen and oxygen atoms in total. The maximum atomic E-state index is 13.2. The number of carbonyl (C=O) groups is 1. The van der Waals surface area contributed by atoms with E-state index in [-0.39, 0.29) is 43.6 Å². The topological polar surface area (TPSA) is 70.2 Å². The maximum Gasteiger partial charge on any atom is 0.411 e. The van der Waals surface area contributed by atoms with Crippen molar-refractivity contribution in [1.82, 2.24) is 14.1 Å². The van der Waals surface area contributed by atoms with Crippen molar-refractivity contribution in [2.75, 3.05) is 39.8 Å². The normalized spacial score (nSPS) is 14.9. The Hall–Kier alpha value is -3.35. The van der Waals surface area contributed by atoms with E-state index in [4.69, 9.17) is 11.2 Å². The summed E-state index contributed by atoms with van der Waals surface area (Å²) in [5.74, 6) is 2.66. The second kappa shape index (κ2) is 16.3. The van der Waals surface area contributed by atoms with E-state index in [0.717, 1.165) is 50.0 Å². The van der Waals surface area contributed by atoms with Gasteiger partial charge in [0, 0.05) is 32.7 Å². The van der Waals surface area contributed by atoms with Crippen LogP contribution in [0.3, 0.4) is 0 Å². The van der Waals surface area contributed by atoms with Crippen molar-refractivity contribution in [3.05, 3.63) is 102 Å². The number of carbonyl (C=O) groups excluding carboxylic acids is 1. The van der Waals surface area contributed by atoms with Crippen LogP contribution in [0.25, 0.3) is 0 Å². The molecule has 1 aliphatic heterocycles. The van der Waals surface area contributed by atoms with Gasteiger partial charge in [-0.05, 0) is 55.0 Å². The number of ether oxygens (including phenoxy) is 1. The summed E-state index contributed by atoms with van der Waals surface area (Å²) in [7, 11) is -1.93. The average molecular weight is 610 g/mol. The minimum Gasteiger partial charge on any atom is -0.445 e. The summed E-state index contributed by atoms with van der Waals surface area (Å²) in [4.78, 5) is 17.3. The lowest BCUT2D eigenvalue weighted by Gasteiger charge is -2.37. The van der Waals surface area contributed by atoms with E-state index in [1.165, 1.54) is 4.31 Å². The van der Waals surface area contributed by atoms with Gasteiger partial charge in [0.2, 0.25) is 10.0 Å². The van der Waals surface area contributed by atoms with E-state index in [0.29, 0.717) is 11.4 Å². The number of hydrogen-bond acceptors (Lipinski definition) is 5. The number of nitrogens with zero attached hydrogens (tertiary/aromatic N) is 3. The molecule has 4 rings (SSSR count). The van der Waals surface area contributed by atoms with Gasteiger partial charge in [0.25, 0.3) is 0 Å². The molecule has 0 spiro atoms. The molecule has 1 heterocycles. The van der Waals surface area contributed by atoms with Crippen LogP contribution in [0.5, 0.6) is 0 Å². The number of terminal acetylenes is 1. The molecule has 3 aromatic carbocycles. The molecular weight excluding hydrogens is 570 g/mol. The van der Waals surface area contributed by atoms with Crippen molar-refractivity contribution in [1.29, 1.82) is 0 Å². The highest BCUT2D eigenvalue weighted by Gasteiger charge is 2.30. The minimum atomic E-state index is -3.58. The summed E-state index contributed by atoms with van der Waals surface area (Å²) in [5, 5.41) is 0. The summed E-state index contributed by atoms with van der Waals surface area (Å²) in [5.41, 5.74) is 2.06. The Morgan fingerprint density at radius 1 is 0.976 bits per heavy atom. The van der Waals surface area contributed by atoms with Crippen LogP contribution in [0.4, 0.5) is 4.79 Å². The van der Waals surface area contributed by atoms with E-state index in [1.54, 1.807) is 36.2 Å². The van der Waals surface area contributed by atoms with Gasteiger partial charge in [0.1, 0.15) is 6.61 Å². The largest absolute Gasteiger partial charge is 0.445 e. The lowest BCUT2D eigenvalue weighted by molar-refractivity contribution is 0.0663. The molecule has 0 aromatic heterocycles. The molecule has 42 heavy (non-hydrogen) atoms. The highest BCUT2D eigenvalue weighted by Crippen LogP contribution is 2.26. The Kier molecular flexibility index (Phi) is 12.9.